The molecule has 1 aromatic carbocycles. The zero-order valence-electron chi connectivity index (χ0n) is 9.27. The van der Waals surface area contributed by atoms with Crippen LogP contribution in [0.25, 0.3) is 0 Å². The van der Waals surface area contributed by atoms with Crippen molar-refractivity contribution in [1.29, 1.82) is 0 Å². The molecule has 2 aliphatic carbocycles. The van der Waals surface area contributed by atoms with Crippen LogP contribution in [0.1, 0.15) is 25.7 Å². The van der Waals surface area contributed by atoms with Crippen molar-refractivity contribution in [1.82, 2.24) is 0 Å². The summed E-state index contributed by atoms with van der Waals surface area (Å²) in [6, 6.07) is 7.37. The fourth-order valence-electron chi connectivity index (χ4n) is 2.14. The van der Waals surface area contributed by atoms with E-state index < -0.39 is 0 Å². The van der Waals surface area contributed by atoms with E-state index in [9.17, 15) is 0 Å². The van der Waals surface area contributed by atoms with E-state index in [0.29, 0.717) is 0 Å². The highest BCUT2D eigenvalue weighted by atomic mass is 35.5. The third-order valence-electron chi connectivity index (χ3n) is 3.03. The van der Waals surface area contributed by atoms with Crippen molar-refractivity contribution in [2.24, 2.45) is 11.8 Å². The summed E-state index contributed by atoms with van der Waals surface area (Å²) in [5.41, 5.74) is 0. The van der Waals surface area contributed by atoms with Crippen LogP contribution in [0.15, 0.2) is 29.2 Å². The molecule has 0 amide bonds. The van der Waals surface area contributed by atoms with Gasteiger partial charge < -0.3 is 0 Å². The van der Waals surface area contributed by atoms with Gasteiger partial charge in [-0.3, -0.25) is 0 Å². The van der Waals surface area contributed by atoms with Crippen molar-refractivity contribution in [2.45, 2.75) is 30.6 Å². The minimum atomic E-state index is 0.734. The highest BCUT2D eigenvalue weighted by molar-refractivity contribution is 7.80. The van der Waals surface area contributed by atoms with Crippen LogP contribution >= 0.6 is 24.2 Å². The maximum atomic E-state index is 5.60. The molecule has 2 aliphatic rings. The van der Waals surface area contributed by atoms with Crippen LogP contribution in [0.2, 0.25) is 5.02 Å². The fourth-order valence-corrected chi connectivity index (χ4v) is 2.63. The molecule has 2 fully saturated rings. The zero-order valence-corrected chi connectivity index (χ0v) is 10.9. The van der Waals surface area contributed by atoms with Crippen molar-refractivity contribution in [2.75, 3.05) is 0 Å². The Kier molecular flexibility index (Phi) is 5.80. The monoisotopic (exact) mass is 252 g/mol. The molecule has 0 radical (unpaired) electrons. The van der Waals surface area contributed by atoms with Crippen LogP contribution in [-0.2, 0) is 0 Å². The topological polar surface area (TPSA) is 0 Å². The molecule has 2 heteroatoms. The largest absolute Gasteiger partial charge is 0.143 e. The Morgan fingerprint density at radius 3 is 2.06 bits per heavy atom. The summed E-state index contributed by atoms with van der Waals surface area (Å²) in [6.07, 6.45) is 14.2. The fraction of sp³-hybridized carbons (Fsp3) is 0.429. The average molecular weight is 253 g/mol. The standard InChI is InChI=1S/C6H5ClS.C6H10.C2H2/c7-5-2-1-3-6(8)4-5;1-2-5-4-6(5)3-1;1-2/h1-4,8H;5-6H,1-4H2;1-2H. The van der Waals surface area contributed by atoms with Crippen molar-refractivity contribution in [3.8, 4) is 12.8 Å². The normalized spacial score (nSPS) is 24.2. The first-order valence-corrected chi connectivity index (χ1v) is 6.36. The van der Waals surface area contributed by atoms with Crippen molar-refractivity contribution in [3.63, 3.8) is 0 Å². The second-order valence-electron chi connectivity index (χ2n) is 4.17. The lowest BCUT2D eigenvalue weighted by atomic mass is 10.3. The first-order chi connectivity index (χ1) is 7.75. The summed E-state index contributed by atoms with van der Waals surface area (Å²) in [5, 5.41) is 0.734. The molecule has 0 aliphatic heterocycles. The summed E-state index contributed by atoms with van der Waals surface area (Å²) >= 11 is 9.67. The minimum absolute atomic E-state index is 0.734. The smallest absolute Gasteiger partial charge is 0.0417 e. The molecular formula is C14H17ClS. The second-order valence-corrected chi connectivity index (χ2v) is 5.12. The molecule has 16 heavy (non-hydrogen) atoms. The maximum absolute atomic E-state index is 5.60. The molecule has 0 bridgehead atoms. The summed E-state index contributed by atoms with van der Waals surface area (Å²) in [7, 11) is 0. The SMILES string of the molecule is C#C.C1CC2CC2C1.Sc1cccc(Cl)c1. The number of hydrogen-bond donors (Lipinski definition) is 1. The molecule has 1 aromatic rings. The Hall–Kier alpha value is -0.580. The van der Waals surface area contributed by atoms with Gasteiger partial charge in [0.15, 0.2) is 0 Å². The van der Waals surface area contributed by atoms with Gasteiger partial charge in [0.1, 0.15) is 0 Å². The molecular weight excluding hydrogens is 236 g/mol. The molecule has 0 nitrogen and oxygen atoms in total. The van der Waals surface area contributed by atoms with Crippen LogP contribution in [0.3, 0.4) is 0 Å². The van der Waals surface area contributed by atoms with Crippen LogP contribution < -0.4 is 0 Å². The Bertz CT molecular complexity index is 320. The molecule has 0 saturated heterocycles. The molecule has 3 rings (SSSR count). The summed E-state index contributed by atoms with van der Waals surface area (Å²) in [4.78, 5) is 0.900. The molecule has 0 heterocycles. The van der Waals surface area contributed by atoms with Crippen molar-refractivity contribution in [3.05, 3.63) is 29.3 Å². The van der Waals surface area contributed by atoms with Crippen molar-refractivity contribution < 1.29 is 0 Å². The van der Waals surface area contributed by atoms with E-state index in [1.165, 1.54) is 18.3 Å². The number of benzene rings is 1. The van der Waals surface area contributed by atoms with E-state index in [0.717, 1.165) is 9.92 Å². The maximum Gasteiger partial charge on any atom is 0.0417 e. The summed E-state index contributed by atoms with van der Waals surface area (Å²) in [5.74, 6) is 2.43. The van der Waals surface area contributed by atoms with E-state index >= 15 is 0 Å². The molecule has 2 saturated carbocycles. The number of thiol groups is 1. The third-order valence-corrected chi connectivity index (χ3v) is 3.54. The Morgan fingerprint density at radius 2 is 1.81 bits per heavy atom. The predicted molar refractivity (Wildman–Crippen MR) is 74.0 cm³/mol. The number of hydrogen-bond acceptors (Lipinski definition) is 1. The van der Waals surface area contributed by atoms with Gasteiger partial charge in [0.05, 0.1) is 0 Å². The Balaban J connectivity index is 0.000000142. The van der Waals surface area contributed by atoms with Crippen LogP contribution in [0, 0.1) is 24.7 Å². The van der Waals surface area contributed by atoms with E-state index in [1.54, 1.807) is 25.3 Å². The Morgan fingerprint density at radius 1 is 1.19 bits per heavy atom. The first-order valence-electron chi connectivity index (χ1n) is 5.53. The summed E-state index contributed by atoms with van der Waals surface area (Å²) < 4.78 is 0. The third kappa shape index (κ3) is 4.51. The lowest BCUT2D eigenvalue weighted by Gasteiger charge is -1.87. The van der Waals surface area contributed by atoms with E-state index in [1.807, 2.05) is 18.2 Å². The highest BCUT2D eigenvalue weighted by Gasteiger charge is 2.40. The summed E-state index contributed by atoms with van der Waals surface area (Å²) in [6.45, 7) is 0. The van der Waals surface area contributed by atoms with E-state index in [-0.39, 0.29) is 0 Å². The minimum Gasteiger partial charge on any atom is -0.143 e. The zero-order chi connectivity index (χ0) is 12.0. The second kappa shape index (κ2) is 6.89. The van der Waals surface area contributed by atoms with E-state index in [4.69, 9.17) is 11.6 Å². The van der Waals surface area contributed by atoms with Crippen LogP contribution in [0.5, 0.6) is 0 Å². The van der Waals surface area contributed by atoms with Gasteiger partial charge in [-0.05, 0) is 36.5 Å². The average Bonchev–Trinajstić information content (AvgIpc) is 2.89. The first kappa shape index (κ1) is 13.5. The van der Waals surface area contributed by atoms with Crippen LogP contribution in [0.4, 0.5) is 0 Å². The van der Waals surface area contributed by atoms with Gasteiger partial charge in [-0.1, -0.05) is 36.9 Å². The number of fused-ring (bicyclic) bond motifs is 1. The number of rotatable bonds is 0. The lowest BCUT2D eigenvalue weighted by molar-refractivity contribution is 0.735. The molecule has 0 N–H and O–H groups in total. The molecule has 86 valence electrons. The van der Waals surface area contributed by atoms with Gasteiger partial charge in [-0.2, -0.15) is 0 Å². The molecule has 2 atom stereocenters. The number of terminal acetylenes is 1. The molecule has 0 aromatic heterocycles. The van der Waals surface area contributed by atoms with Gasteiger partial charge >= 0.3 is 0 Å². The molecule has 2 unspecified atom stereocenters. The van der Waals surface area contributed by atoms with Crippen molar-refractivity contribution >= 4 is 24.2 Å². The van der Waals surface area contributed by atoms with Crippen LogP contribution in [-0.4, -0.2) is 0 Å². The number of halogens is 1. The predicted octanol–water partition coefficient (Wildman–Crippen LogP) is 4.68. The van der Waals surface area contributed by atoms with Gasteiger partial charge in [0, 0.05) is 9.92 Å². The van der Waals surface area contributed by atoms with Gasteiger partial charge in [0.25, 0.3) is 0 Å². The molecule has 0 spiro atoms. The van der Waals surface area contributed by atoms with Gasteiger partial charge in [0.2, 0.25) is 0 Å². The van der Waals surface area contributed by atoms with Gasteiger partial charge in [-0.25, -0.2) is 0 Å². The van der Waals surface area contributed by atoms with Gasteiger partial charge in [-0.15, -0.1) is 25.5 Å². The highest BCUT2D eigenvalue weighted by Crippen LogP contribution is 2.51. The lowest BCUT2D eigenvalue weighted by Crippen LogP contribution is -1.64. The quantitative estimate of drug-likeness (QED) is 0.503. The Labute approximate surface area is 109 Å². The van der Waals surface area contributed by atoms with E-state index in [2.05, 4.69) is 25.5 Å².